The molecule has 4 aromatic rings. The zero-order chi connectivity index (χ0) is 81.5. The minimum atomic E-state index is -0.733. The largest absolute Gasteiger partial charge is 0.489 e. The van der Waals surface area contributed by atoms with Gasteiger partial charge in [-0.2, -0.15) is 0 Å². The molecule has 0 saturated carbocycles. The van der Waals surface area contributed by atoms with Gasteiger partial charge >= 0.3 is 47.8 Å². The van der Waals surface area contributed by atoms with E-state index in [1.54, 1.807) is 203 Å². The van der Waals surface area contributed by atoms with Gasteiger partial charge in [0.2, 0.25) is 0 Å². The molecule has 592 valence electrons. The Hall–Kier alpha value is -9.72. The molecule has 0 bridgehead atoms. The summed E-state index contributed by atoms with van der Waals surface area (Å²) in [5.41, 5.74) is -4.30. The molecule has 20 nitrogen and oxygen atoms in total. The van der Waals surface area contributed by atoms with Crippen LogP contribution in [0.3, 0.4) is 0 Å². The third-order valence-electron chi connectivity index (χ3n) is 13.1. The molecule has 5 rings (SSSR count). The lowest BCUT2D eigenvalue weighted by Crippen LogP contribution is -2.25. The Morgan fingerprint density at radius 3 is 0.491 bits per heavy atom. The molecule has 0 aromatic heterocycles. The van der Waals surface area contributed by atoms with Crippen LogP contribution in [0.4, 0.5) is 0 Å². The Morgan fingerprint density at radius 1 is 0.222 bits per heavy atom. The topological polar surface area (TPSA) is 247 Å². The van der Waals surface area contributed by atoms with Gasteiger partial charge < -0.3 is 56.8 Å². The van der Waals surface area contributed by atoms with Gasteiger partial charge in [0.25, 0.3) is 0 Å². The maximum absolute atomic E-state index is 12.8. The maximum Gasteiger partial charge on any atom is 0.338 e. The van der Waals surface area contributed by atoms with Crippen LogP contribution in [0.1, 0.15) is 300 Å². The van der Waals surface area contributed by atoms with Crippen molar-refractivity contribution in [2.75, 3.05) is 26.4 Å². The number of carbonyl (C=O) groups is 8. The van der Waals surface area contributed by atoms with Gasteiger partial charge in [0, 0.05) is 0 Å². The van der Waals surface area contributed by atoms with E-state index in [2.05, 4.69) is 36.5 Å². The molecule has 20 heteroatoms. The van der Waals surface area contributed by atoms with Crippen molar-refractivity contribution in [2.24, 2.45) is 0 Å². The molecule has 0 unspecified atom stereocenters. The molecule has 0 N–H and O–H groups in total. The Morgan fingerprint density at radius 2 is 0.352 bits per heavy atom. The van der Waals surface area contributed by atoms with Crippen molar-refractivity contribution >= 4 is 47.8 Å². The summed E-state index contributed by atoms with van der Waals surface area (Å²) in [5.74, 6) is -3.38. The van der Waals surface area contributed by atoms with Crippen LogP contribution < -0.4 is 18.9 Å². The first kappa shape index (κ1) is 92.5. The molecule has 0 atom stereocenters. The minimum absolute atomic E-state index is 0.0794. The summed E-state index contributed by atoms with van der Waals surface area (Å²) in [7, 11) is 0. The van der Waals surface area contributed by atoms with Gasteiger partial charge in [-0.15, -0.1) is 0 Å². The summed E-state index contributed by atoms with van der Waals surface area (Å²) in [5, 5.41) is 0. The molecule has 0 spiro atoms. The lowest BCUT2D eigenvalue weighted by molar-refractivity contribution is 0.00458. The second kappa shape index (κ2) is 42.1. The Balaban J connectivity index is 0.000000511. The van der Waals surface area contributed by atoms with Gasteiger partial charge in [-0.1, -0.05) is 60.8 Å². The average Bonchev–Trinajstić information content (AvgIpc) is 0.844. The number of ether oxygens (including phenoxy) is 12. The molecule has 1 aliphatic carbocycles. The van der Waals surface area contributed by atoms with E-state index in [1.807, 2.05) is 24.3 Å². The number of esters is 8. The number of rotatable bonds is 26. The number of hydrogen-bond donors (Lipinski definition) is 0. The first-order valence-electron chi connectivity index (χ1n) is 36.7. The summed E-state index contributed by atoms with van der Waals surface area (Å²) in [4.78, 5) is 102. The fourth-order valence-electron chi connectivity index (χ4n) is 8.93. The highest BCUT2D eigenvalue weighted by Gasteiger charge is 2.29. The van der Waals surface area contributed by atoms with Crippen LogP contribution in [0.25, 0.3) is 0 Å². The molecule has 1 aliphatic rings. The number of benzene rings is 4. The molecule has 0 fully saturated rings. The van der Waals surface area contributed by atoms with E-state index in [1.165, 1.54) is 74.2 Å². The van der Waals surface area contributed by atoms with Gasteiger partial charge in [-0.05, 0) is 302 Å². The van der Waals surface area contributed by atoms with Gasteiger partial charge in [0.05, 0.1) is 44.5 Å². The van der Waals surface area contributed by atoms with Crippen LogP contribution in [-0.4, -0.2) is 119 Å². The summed E-state index contributed by atoms with van der Waals surface area (Å²) < 4.78 is 67.2. The highest BCUT2D eigenvalue weighted by Crippen LogP contribution is 2.29. The molecular weight excluding hydrogens is 1380 g/mol. The Labute approximate surface area is 641 Å². The smallest absolute Gasteiger partial charge is 0.338 e. The first-order valence-corrected chi connectivity index (χ1v) is 36.7. The van der Waals surface area contributed by atoms with E-state index >= 15 is 0 Å². The van der Waals surface area contributed by atoms with E-state index in [0.29, 0.717) is 11.5 Å². The monoisotopic (exact) mass is 1500 g/mol. The first-order chi connectivity index (χ1) is 49.8. The van der Waals surface area contributed by atoms with Crippen LogP contribution in [0, 0.1) is 0 Å². The predicted octanol–water partition coefficient (Wildman–Crippen LogP) is 20.4. The average molecular weight is 1500 g/mol. The molecule has 0 saturated heterocycles. The van der Waals surface area contributed by atoms with Crippen molar-refractivity contribution < 1.29 is 95.2 Å². The lowest BCUT2D eigenvalue weighted by Gasteiger charge is -2.21. The van der Waals surface area contributed by atoms with Crippen molar-refractivity contribution in [1.82, 2.24) is 0 Å². The van der Waals surface area contributed by atoms with E-state index in [-0.39, 0.29) is 82.4 Å². The fraction of sp³-hybridized carbons (Fsp3) is 0.500. The second-order valence-corrected chi connectivity index (χ2v) is 33.4. The Bertz CT molecular complexity index is 3390. The minimum Gasteiger partial charge on any atom is -0.489 e. The fourth-order valence-corrected chi connectivity index (χ4v) is 8.93. The summed E-state index contributed by atoms with van der Waals surface area (Å²) in [6, 6.07) is 18.0. The zero-order valence-corrected chi connectivity index (χ0v) is 68.5. The van der Waals surface area contributed by atoms with E-state index in [4.69, 9.17) is 56.8 Å². The molecule has 0 radical (unpaired) electrons. The van der Waals surface area contributed by atoms with E-state index in [9.17, 15) is 38.4 Å². The van der Waals surface area contributed by atoms with Crippen LogP contribution in [-0.2, 0) is 37.9 Å². The molecule has 0 heterocycles. The number of hydrogen-bond acceptors (Lipinski definition) is 20. The van der Waals surface area contributed by atoms with Gasteiger partial charge in [-0.3, -0.25) is 0 Å². The predicted molar refractivity (Wildman–Crippen MR) is 421 cm³/mol. The number of carbonyl (C=O) groups excluding carboxylic acids is 8. The lowest BCUT2D eigenvalue weighted by atomic mass is 10.1. The summed E-state index contributed by atoms with van der Waals surface area (Å²) >= 11 is 0. The standard InChI is InChI=1S/C44H60O10.C36H48O10.C8H12/c1-41(2,3)51-37(45)31-25-32(38(46)52-42(4,5)6)28-35(27-31)49-23-21-19-17-15-13-14-16-18-20-22-24-50-36-29-33(39(47)53-43(7,8)9)26-34(30-36)40(48)54-44(10,11)12;1-33(2,3)43-29(37)23-17-24(30(38)44-34(4,5)6)20-27(19-23)41-15-13-14-16-42-28-21-25(31(39)45-35(7,8)9)18-26(22-28)32(40)46-36(10,11)12;1-2-4-6-8-7-5-3-1/h13-14,19-22,25-30H,15-18,23-24H2,1-12H3;13-14,17-22H,15-16H2,1-12H3;1-2,7-8H,3-6H2/b;14-13-;2-1-,8-7?. The highest BCUT2D eigenvalue weighted by atomic mass is 16.6. The quantitative estimate of drug-likeness (QED) is 0.0245. The van der Waals surface area contributed by atoms with Crippen molar-refractivity contribution in [3.63, 3.8) is 0 Å². The van der Waals surface area contributed by atoms with Crippen molar-refractivity contribution in [3.8, 4) is 23.0 Å². The highest BCUT2D eigenvalue weighted by molar-refractivity contribution is 5.99. The Kier molecular flexibility index (Phi) is 36.1. The SMILES string of the molecule is C1=CCC/C=C\CC1.CC(C)(C)OC(=O)c1cc(OC/C=C\COc2cc(C(=O)OC(C)(C)C)cc(C(=O)OC(C)(C)C)c2)cc(C(=O)OC(C)(C)C)c1.CC(C)(C)OC(=O)c1cc(OCC=CCCC=CCCC=CCOc2cc(C(=O)OC(C)(C)C)cc(C(=O)OC(C)(C)C)c2)cc(C(=O)OC(C)(C)C)c1. The van der Waals surface area contributed by atoms with Crippen LogP contribution in [0.2, 0.25) is 0 Å². The molecule has 4 aromatic carbocycles. The van der Waals surface area contributed by atoms with Crippen LogP contribution in [0.15, 0.2) is 146 Å². The molecular formula is C88H120O20. The molecule has 108 heavy (non-hydrogen) atoms. The van der Waals surface area contributed by atoms with Gasteiger partial charge in [0.1, 0.15) is 94.2 Å². The van der Waals surface area contributed by atoms with E-state index < -0.39 is 92.6 Å². The van der Waals surface area contributed by atoms with E-state index in [0.717, 1.165) is 25.7 Å². The normalized spacial score (nSPS) is 13.3. The second-order valence-electron chi connectivity index (χ2n) is 33.4. The molecule has 0 amide bonds. The summed E-state index contributed by atoms with van der Waals surface area (Å²) in [6.07, 6.45) is 32.8. The number of allylic oxidation sites excluding steroid dienone is 8. The molecule has 0 aliphatic heterocycles. The van der Waals surface area contributed by atoms with Crippen LogP contribution >= 0.6 is 0 Å². The maximum atomic E-state index is 12.8. The van der Waals surface area contributed by atoms with Crippen LogP contribution in [0.5, 0.6) is 23.0 Å². The summed E-state index contributed by atoms with van der Waals surface area (Å²) in [6.45, 7) is 43.0. The third-order valence-corrected chi connectivity index (χ3v) is 13.1. The van der Waals surface area contributed by atoms with Crippen molar-refractivity contribution in [3.05, 3.63) is 190 Å². The third kappa shape index (κ3) is 42.0. The van der Waals surface area contributed by atoms with Gasteiger partial charge in [0.15, 0.2) is 0 Å². The number of unbranched alkanes of at least 4 members (excludes halogenated alkanes) is 2. The van der Waals surface area contributed by atoms with Gasteiger partial charge in [-0.25, -0.2) is 38.4 Å². The zero-order valence-electron chi connectivity index (χ0n) is 68.5. The van der Waals surface area contributed by atoms with Crippen molar-refractivity contribution in [1.29, 1.82) is 0 Å². The van der Waals surface area contributed by atoms with Crippen molar-refractivity contribution in [2.45, 2.75) is 262 Å².